The minimum Gasteiger partial charge on any atom is -0.457 e. The summed E-state index contributed by atoms with van der Waals surface area (Å²) < 4.78 is 44.3. The number of hydrogen-bond acceptors (Lipinski definition) is 5. The van der Waals surface area contributed by atoms with Gasteiger partial charge in [-0.1, -0.05) is 29.8 Å². The minimum absolute atomic E-state index is 0.253. The van der Waals surface area contributed by atoms with Crippen LogP contribution in [0.25, 0.3) is 0 Å². The van der Waals surface area contributed by atoms with Crippen molar-refractivity contribution in [3.8, 4) is 11.5 Å². The Morgan fingerprint density at radius 3 is 2.22 bits per heavy atom. The van der Waals surface area contributed by atoms with Gasteiger partial charge >= 0.3 is 0 Å². The normalized spacial score (nSPS) is 15.4. The third-order valence-electron chi connectivity index (χ3n) is 4.25. The Kier molecular flexibility index (Phi) is 6.54. The van der Waals surface area contributed by atoms with Gasteiger partial charge in [0, 0.05) is 23.1 Å². The molecule has 0 amide bonds. The summed E-state index contributed by atoms with van der Waals surface area (Å²) in [5.74, 6) is 1.17. The van der Waals surface area contributed by atoms with Crippen molar-refractivity contribution in [2.75, 3.05) is 26.3 Å². The van der Waals surface area contributed by atoms with Crippen molar-refractivity contribution >= 4 is 26.0 Å². The molecule has 27 heavy (non-hydrogen) atoms. The summed E-state index contributed by atoms with van der Waals surface area (Å²) in [6.07, 6.45) is -0.412. The highest BCUT2D eigenvalue weighted by Crippen LogP contribution is 2.34. The third kappa shape index (κ3) is 4.52. The molecular weight excluding hydrogens is 434 g/mol. The lowest BCUT2D eigenvalue weighted by molar-refractivity contribution is -0.0447. The maximum Gasteiger partial charge on any atom is 0.243 e. The monoisotopic (exact) mass is 455 g/mol. The molecule has 0 atom stereocenters. The van der Waals surface area contributed by atoms with Crippen LogP contribution in [-0.4, -0.2) is 39.0 Å². The van der Waals surface area contributed by atoms with E-state index in [1.807, 2.05) is 32.0 Å². The average molecular weight is 456 g/mol. The molecule has 0 bridgehead atoms. The highest BCUT2D eigenvalue weighted by molar-refractivity contribution is 9.10. The molecule has 0 unspecified atom stereocenters. The predicted molar refractivity (Wildman–Crippen MR) is 105 cm³/mol. The molecule has 1 aliphatic rings. The van der Waals surface area contributed by atoms with Crippen LogP contribution in [0.3, 0.4) is 0 Å². The molecule has 3 rings (SSSR count). The second-order valence-corrected chi connectivity index (χ2v) is 8.71. The Bertz CT molecular complexity index is 875. The first-order valence-electron chi connectivity index (χ1n) is 8.76. The molecule has 2 aromatic rings. The lowest BCUT2D eigenvalue weighted by Crippen LogP contribution is -2.30. The van der Waals surface area contributed by atoms with Crippen molar-refractivity contribution in [1.29, 1.82) is 0 Å². The molecule has 8 heteroatoms. The Morgan fingerprint density at radius 2 is 1.63 bits per heavy atom. The molecule has 1 heterocycles. The second kappa shape index (κ2) is 8.70. The summed E-state index contributed by atoms with van der Waals surface area (Å²) in [7, 11) is -3.48. The Morgan fingerprint density at radius 1 is 1.04 bits per heavy atom. The quantitative estimate of drug-likeness (QED) is 0.621. The van der Waals surface area contributed by atoms with Gasteiger partial charge < -0.3 is 14.2 Å². The van der Waals surface area contributed by atoms with Crippen molar-refractivity contribution in [3.63, 3.8) is 0 Å². The fourth-order valence-corrected chi connectivity index (χ4v) is 4.72. The Labute approximate surface area is 168 Å². The van der Waals surface area contributed by atoms with Gasteiger partial charge in [0.05, 0.1) is 18.1 Å². The summed E-state index contributed by atoms with van der Waals surface area (Å²) in [5.41, 5.74) is 0.853. The zero-order valence-electron chi connectivity index (χ0n) is 15.2. The molecule has 0 spiro atoms. The lowest BCUT2D eigenvalue weighted by atomic mass is 10.2. The molecule has 0 aromatic heterocycles. The highest BCUT2D eigenvalue weighted by Gasteiger charge is 2.22. The first kappa shape index (κ1) is 20.3. The molecule has 1 saturated heterocycles. The van der Waals surface area contributed by atoms with Crippen LogP contribution in [-0.2, 0) is 19.5 Å². The van der Waals surface area contributed by atoms with E-state index in [-0.39, 0.29) is 4.90 Å². The highest BCUT2D eigenvalue weighted by atomic mass is 79.9. The van der Waals surface area contributed by atoms with Crippen LogP contribution in [0.5, 0.6) is 11.5 Å². The van der Waals surface area contributed by atoms with Crippen LogP contribution < -0.4 is 4.74 Å². The van der Waals surface area contributed by atoms with Crippen LogP contribution in [0.2, 0.25) is 0 Å². The molecule has 6 nitrogen and oxygen atoms in total. The van der Waals surface area contributed by atoms with Gasteiger partial charge in [-0.15, -0.1) is 0 Å². The fourth-order valence-electron chi connectivity index (χ4n) is 2.83. The van der Waals surface area contributed by atoms with E-state index in [9.17, 15) is 8.42 Å². The molecule has 146 valence electrons. The van der Waals surface area contributed by atoms with Gasteiger partial charge in [-0.2, -0.15) is 4.31 Å². The van der Waals surface area contributed by atoms with Gasteiger partial charge in [0.25, 0.3) is 0 Å². The fraction of sp³-hybridized carbons (Fsp3) is 0.368. The predicted octanol–water partition coefficient (Wildman–Crippen LogP) is 4.32. The number of ether oxygens (including phenoxy) is 3. The first-order valence-corrected chi connectivity index (χ1v) is 11.0. The van der Waals surface area contributed by atoms with Gasteiger partial charge in [-0.05, 0) is 42.5 Å². The van der Waals surface area contributed by atoms with Gasteiger partial charge in [0.1, 0.15) is 11.5 Å². The van der Waals surface area contributed by atoms with E-state index >= 15 is 0 Å². The SMILES string of the molecule is CCN(CC)S(=O)(=O)c1ccc(Oc2ccc(Br)c(C3OCCO3)c2)cc1. The number of sulfonamides is 1. The number of rotatable bonds is 7. The smallest absolute Gasteiger partial charge is 0.243 e. The molecule has 0 radical (unpaired) electrons. The van der Waals surface area contributed by atoms with E-state index < -0.39 is 16.3 Å². The summed E-state index contributed by atoms with van der Waals surface area (Å²) in [6.45, 7) is 5.63. The standard InChI is InChI=1S/C19H22BrNO5S/c1-3-21(4-2)27(22,23)16-8-5-14(6-9-16)26-15-7-10-18(20)17(13-15)19-24-11-12-25-19/h5-10,13,19H,3-4,11-12H2,1-2H3. The minimum atomic E-state index is -3.48. The van der Waals surface area contributed by atoms with Crippen LogP contribution in [0.1, 0.15) is 25.7 Å². The van der Waals surface area contributed by atoms with Crippen LogP contribution in [0.4, 0.5) is 0 Å². The van der Waals surface area contributed by atoms with E-state index in [0.29, 0.717) is 37.8 Å². The van der Waals surface area contributed by atoms with E-state index in [2.05, 4.69) is 15.9 Å². The zero-order valence-corrected chi connectivity index (χ0v) is 17.6. The van der Waals surface area contributed by atoms with Crippen molar-refractivity contribution in [2.45, 2.75) is 25.0 Å². The van der Waals surface area contributed by atoms with E-state index in [0.717, 1.165) is 10.0 Å². The molecule has 2 aromatic carbocycles. The molecule has 0 aliphatic carbocycles. The van der Waals surface area contributed by atoms with Crippen molar-refractivity contribution < 1.29 is 22.6 Å². The summed E-state index contributed by atoms with van der Waals surface area (Å²) in [5, 5.41) is 0. The van der Waals surface area contributed by atoms with Crippen molar-refractivity contribution in [1.82, 2.24) is 4.31 Å². The van der Waals surface area contributed by atoms with Gasteiger partial charge in [0.2, 0.25) is 10.0 Å². The van der Waals surface area contributed by atoms with Crippen LogP contribution in [0.15, 0.2) is 51.8 Å². The number of halogens is 1. The topological polar surface area (TPSA) is 65.1 Å². The van der Waals surface area contributed by atoms with E-state index in [1.165, 1.54) is 4.31 Å². The average Bonchev–Trinajstić information content (AvgIpc) is 3.19. The van der Waals surface area contributed by atoms with E-state index in [4.69, 9.17) is 14.2 Å². The molecule has 0 N–H and O–H groups in total. The molecule has 1 fully saturated rings. The number of benzene rings is 2. The van der Waals surface area contributed by atoms with Crippen molar-refractivity contribution in [3.05, 3.63) is 52.5 Å². The maximum absolute atomic E-state index is 12.5. The van der Waals surface area contributed by atoms with Crippen molar-refractivity contribution in [2.24, 2.45) is 0 Å². The van der Waals surface area contributed by atoms with E-state index in [1.54, 1.807) is 24.3 Å². The molecular formula is C19H22BrNO5S. The second-order valence-electron chi connectivity index (χ2n) is 5.92. The van der Waals surface area contributed by atoms with Gasteiger partial charge in [0.15, 0.2) is 6.29 Å². The largest absolute Gasteiger partial charge is 0.457 e. The Hall–Kier alpha value is -1.45. The maximum atomic E-state index is 12.5. The number of nitrogens with zero attached hydrogens (tertiary/aromatic N) is 1. The van der Waals surface area contributed by atoms with Crippen LogP contribution in [0, 0.1) is 0 Å². The molecule has 0 saturated carbocycles. The number of hydrogen-bond donors (Lipinski definition) is 0. The molecule has 1 aliphatic heterocycles. The Balaban J connectivity index is 1.78. The summed E-state index contributed by atoms with van der Waals surface area (Å²) in [4.78, 5) is 0.253. The summed E-state index contributed by atoms with van der Waals surface area (Å²) >= 11 is 3.50. The zero-order chi connectivity index (χ0) is 19.4. The first-order chi connectivity index (χ1) is 13.0. The summed E-state index contributed by atoms with van der Waals surface area (Å²) in [6, 6.07) is 12.0. The van der Waals surface area contributed by atoms with Crippen LogP contribution >= 0.6 is 15.9 Å². The third-order valence-corrected chi connectivity index (χ3v) is 7.03. The van der Waals surface area contributed by atoms with Gasteiger partial charge in [-0.25, -0.2) is 8.42 Å². The lowest BCUT2D eigenvalue weighted by Gasteiger charge is -2.18. The van der Waals surface area contributed by atoms with Gasteiger partial charge in [-0.3, -0.25) is 0 Å².